The summed E-state index contributed by atoms with van der Waals surface area (Å²) in [7, 11) is 0. The van der Waals surface area contributed by atoms with Gasteiger partial charge in [-0.2, -0.15) is 0 Å². The standard InChI is InChI=1S/C18H22NOPS3/c1-3-23-21(20,24-4-2)17(15-11-7-5-8-12-15)19-18(22)16-13-9-6-10-14-16/h5-14,17H,3-4H2,1-2H3,(H,19,22). The minimum atomic E-state index is -2.59. The van der Waals surface area contributed by atoms with E-state index in [0.717, 1.165) is 22.6 Å². The van der Waals surface area contributed by atoms with Crippen molar-refractivity contribution in [3.63, 3.8) is 0 Å². The summed E-state index contributed by atoms with van der Waals surface area (Å²) < 4.78 is 13.7. The molecule has 1 unspecified atom stereocenters. The zero-order chi connectivity index (χ0) is 17.4. The molecule has 2 aromatic carbocycles. The van der Waals surface area contributed by atoms with Crippen molar-refractivity contribution in [2.24, 2.45) is 0 Å². The van der Waals surface area contributed by atoms with Crippen LogP contribution in [0.2, 0.25) is 0 Å². The molecule has 0 bridgehead atoms. The molecule has 2 nitrogen and oxygen atoms in total. The lowest BCUT2D eigenvalue weighted by Crippen LogP contribution is -2.27. The molecule has 2 rings (SSSR count). The first-order chi connectivity index (χ1) is 11.6. The third-order valence-corrected chi connectivity index (χ3v) is 12.9. The Balaban J connectivity index is 2.36. The fourth-order valence-electron chi connectivity index (χ4n) is 2.32. The molecular formula is C18H22NOPS3. The molecule has 128 valence electrons. The van der Waals surface area contributed by atoms with E-state index in [1.54, 1.807) is 0 Å². The lowest BCUT2D eigenvalue weighted by molar-refractivity contribution is 0.583. The molecule has 0 saturated carbocycles. The van der Waals surface area contributed by atoms with Crippen LogP contribution < -0.4 is 5.32 Å². The van der Waals surface area contributed by atoms with Gasteiger partial charge in [0.1, 0.15) is 10.8 Å². The SMILES string of the molecule is CCSP(=O)(SCC)C(NC(=S)c1ccccc1)c1ccccc1. The lowest BCUT2D eigenvalue weighted by atomic mass is 10.2. The van der Waals surface area contributed by atoms with E-state index in [1.807, 2.05) is 74.5 Å². The molecule has 2 aromatic rings. The minimum Gasteiger partial charge on any atom is -0.361 e. The third-order valence-electron chi connectivity index (χ3n) is 3.35. The Morgan fingerprint density at radius 1 is 1.00 bits per heavy atom. The molecule has 1 atom stereocenters. The summed E-state index contributed by atoms with van der Waals surface area (Å²) in [5, 5.41) is 3.39. The van der Waals surface area contributed by atoms with Crippen molar-refractivity contribution < 1.29 is 4.57 Å². The summed E-state index contributed by atoms with van der Waals surface area (Å²) in [6.07, 6.45) is 0. The van der Waals surface area contributed by atoms with Crippen molar-refractivity contribution in [1.29, 1.82) is 0 Å². The number of nitrogens with one attached hydrogen (secondary N) is 1. The Morgan fingerprint density at radius 2 is 1.50 bits per heavy atom. The van der Waals surface area contributed by atoms with E-state index in [4.69, 9.17) is 12.2 Å². The molecule has 0 saturated heterocycles. The van der Waals surface area contributed by atoms with Gasteiger partial charge < -0.3 is 5.32 Å². The van der Waals surface area contributed by atoms with E-state index in [-0.39, 0.29) is 5.78 Å². The largest absolute Gasteiger partial charge is 0.361 e. The van der Waals surface area contributed by atoms with E-state index in [0.29, 0.717) is 4.99 Å². The van der Waals surface area contributed by atoms with Crippen molar-refractivity contribution in [1.82, 2.24) is 5.32 Å². The number of hydrogen-bond acceptors (Lipinski definition) is 4. The molecule has 1 N–H and O–H groups in total. The summed E-state index contributed by atoms with van der Waals surface area (Å²) in [5.41, 5.74) is -0.629. The highest BCUT2D eigenvalue weighted by Crippen LogP contribution is 2.76. The Hall–Kier alpha value is -0.740. The fourth-order valence-corrected chi connectivity index (χ4v) is 11.5. The van der Waals surface area contributed by atoms with Gasteiger partial charge >= 0.3 is 0 Å². The van der Waals surface area contributed by atoms with E-state index >= 15 is 0 Å². The van der Waals surface area contributed by atoms with Gasteiger partial charge in [0.25, 0.3) is 0 Å². The monoisotopic (exact) mass is 395 g/mol. The van der Waals surface area contributed by atoms with Crippen LogP contribution in [0, 0.1) is 0 Å². The van der Waals surface area contributed by atoms with Gasteiger partial charge in [0.05, 0.1) is 0 Å². The Morgan fingerprint density at radius 3 is 2.00 bits per heavy atom. The first-order valence-corrected chi connectivity index (χ1v) is 13.3. The van der Waals surface area contributed by atoms with Crippen LogP contribution >= 0.6 is 40.5 Å². The zero-order valence-corrected chi connectivity index (χ0v) is 17.2. The summed E-state index contributed by atoms with van der Waals surface area (Å²) in [6, 6.07) is 19.8. The molecule has 0 fully saturated rings. The van der Waals surface area contributed by atoms with Crippen molar-refractivity contribution in [2.75, 3.05) is 11.5 Å². The summed E-state index contributed by atoms with van der Waals surface area (Å²) in [4.78, 5) is 0.637. The summed E-state index contributed by atoms with van der Waals surface area (Å²) in [6.45, 7) is 4.09. The van der Waals surface area contributed by atoms with E-state index in [1.165, 1.54) is 22.8 Å². The Bertz CT molecular complexity index is 684. The highest BCUT2D eigenvalue weighted by atomic mass is 33.1. The fraction of sp³-hybridized carbons (Fsp3) is 0.278. The summed E-state index contributed by atoms with van der Waals surface area (Å²) in [5.74, 6) is 1.34. The van der Waals surface area contributed by atoms with Gasteiger partial charge in [-0.25, -0.2) is 0 Å². The zero-order valence-electron chi connectivity index (χ0n) is 13.8. The Labute approximate surface area is 158 Å². The van der Waals surface area contributed by atoms with Crippen LogP contribution in [0.4, 0.5) is 0 Å². The van der Waals surface area contributed by atoms with Crippen molar-refractivity contribution in [3.05, 3.63) is 71.8 Å². The first-order valence-electron chi connectivity index (χ1n) is 7.90. The van der Waals surface area contributed by atoms with E-state index in [2.05, 4.69) is 5.32 Å². The molecule has 0 aliphatic rings. The molecule has 6 heteroatoms. The summed E-state index contributed by atoms with van der Waals surface area (Å²) >= 11 is 8.66. The van der Waals surface area contributed by atoms with Crippen LogP contribution in [0.25, 0.3) is 0 Å². The second kappa shape index (κ2) is 9.67. The average Bonchev–Trinajstić information content (AvgIpc) is 2.61. The van der Waals surface area contributed by atoms with Crippen LogP contribution in [0.1, 0.15) is 30.8 Å². The van der Waals surface area contributed by atoms with Gasteiger partial charge in [0, 0.05) is 5.56 Å². The highest BCUT2D eigenvalue weighted by Gasteiger charge is 2.35. The molecule has 0 heterocycles. The maximum absolute atomic E-state index is 13.7. The maximum Gasteiger partial charge on any atom is 0.216 e. The molecule has 24 heavy (non-hydrogen) atoms. The smallest absolute Gasteiger partial charge is 0.216 e. The van der Waals surface area contributed by atoms with Gasteiger partial charge in [-0.05, 0) is 17.1 Å². The number of rotatable bonds is 8. The van der Waals surface area contributed by atoms with Crippen LogP contribution in [0.15, 0.2) is 60.7 Å². The van der Waals surface area contributed by atoms with Gasteiger partial charge in [0.2, 0.25) is 5.55 Å². The molecule has 0 aliphatic heterocycles. The van der Waals surface area contributed by atoms with E-state index in [9.17, 15) is 4.57 Å². The van der Waals surface area contributed by atoms with Gasteiger partial charge in [-0.1, -0.05) is 109 Å². The van der Waals surface area contributed by atoms with Gasteiger partial charge in [-0.15, -0.1) is 0 Å². The third kappa shape index (κ3) is 5.13. The molecule has 0 aliphatic carbocycles. The lowest BCUT2D eigenvalue weighted by Gasteiger charge is -2.28. The van der Waals surface area contributed by atoms with Gasteiger partial charge in [0.15, 0.2) is 0 Å². The second-order valence-corrected chi connectivity index (χ2v) is 14.2. The highest BCUT2D eigenvalue weighted by molar-refractivity contribution is 8.90. The molecule has 0 aromatic heterocycles. The van der Waals surface area contributed by atoms with Crippen LogP contribution in [0.5, 0.6) is 0 Å². The molecule has 0 spiro atoms. The minimum absolute atomic E-state index is 0.290. The predicted octanol–water partition coefficient (Wildman–Crippen LogP) is 6.35. The van der Waals surface area contributed by atoms with Gasteiger partial charge in [-0.3, -0.25) is 4.57 Å². The van der Waals surface area contributed by atoms with Crippen molar-refractivity contribution in [3.8, 4) is 0 Å². The quantitative estimate of drug-likeness (QED) is 0.415. The average molecular weight is 396 g/mol. The van der Waals surface area contributed by atoms with Crippen LogP contribution in [0.3, 0.4) is 0 Å². The van der Waals surface area contributed by atoms with Crippen LogP contribution in [-0.4, -0.2) is 16.5 Å². The Kier molecular flexibility index (Phi) is 7.89. The first kappa shape index (κ1) is 19.6. The number of thiocarbonyl (C=S) groups is 1. The second-order valence-electron chi connectivity index (χ2n) is 5.03. The van der Waals surface area contributed by atoms with Crippen LogP contribution in [-0.2, 0) is 4.57 Å². The molecule has 0 radical (unpaired) electrons. The normalized spacial score (nSPS) is 12.6. The molecular weight excluding hydrogens is 373 g/mol. The van der Waals surface area contributed by atoms with E-state index < -0.39 is 5.55 Å². The maximum atomic E-state index is 13.7. The van der Waals surface area contributed by atoms with Crippen molar-refractivity contribution >= 4 is 45.5 Å². The molecule has 0 amide bonds. The number of benzene rings is 2. The van der Waals surface area contributed by atoms with Crippen molar-refractivity contribution in [2.45, 2.75) is 19.6 Å². The number of hydrogen-bond donors (Lipinski definition) is 1. The topological polar surface area (TPSA) is 29.1 Å². The predicted molar refractivity (Wildman–Crippen MR) is 114 cm³/mol.